The van der Waals surface area contributed by atoms with Crippen LogP contribution in [-0.2, 0) is 9.63 Å². The van der Waals surface area contributed by atoms with Crippen LogP contribution >= 0.6 is 0 Å². The molecular weight excluding hydrogens is 296 g/mol. The fraction of sp³-hybridized carbons (Fsp3) is 0.0625. The summed E-state index contributed by atoms with van der Waals surface area (Å²) in [7, 11) is 0. The third-order valence-corrected chi connectivity index (χ3v) is 3.11. The number of carbonyl (C=O) groups excluding carboxylic acids is 2. The Balaban J connectivity index is 1.78. The molecule has 0 aliphatic carbocycles. The summed E-state index contributed by atoms with van der Waals surface area (Å²) in [5.74, 6) is -1.14. The molecule has 3 rings (SSSR count). The number of nitrogens with zero attached hydrogens (tertiary/aromatic N) is 4. The van der Waals surface area contributed by atoms with Crippen LogP contribution in [-0.4, -0.2) is 28.3 Å². The lowest BCUT2D eigenvalue weighted by atomic mass is 10.2. The van der Waals surface area contributed by atoms with E-state index in [0.717, 1.165) is 0 Å². The molecule has 114 valence electrons. The number of para-hydroxylation sites is 1. The molecule has 0 bridgehead atoms. The minimum atomic E-state index is -0.690. The smallest absolute Gasteiger partial charge is 0.312 e. The number of hydrogen-bond acceptors (Lipinski definition) is 6. The van der Waals surface area contributed by atoms with Crippen molar-refractivity contribution in [1.82, 2.24) is 4.98 Å². The van der Waals surface area contributed by atoms with Gasteiger partial charge >= 0.3 is 11.9 Å². The molecular formula is C16H12N4O3. The molecule has 1 aromatic carbocycles. The standard InChI is InChI=1S/C16H12N4O3/c1-11-14(19-23-16(22)12-6-5-9-17-10-12)15(21)20(18-11)13-7-3-2-4-8-13/h2-10H,1H3. The number of hydrazone groups is 1. The van der Waals surface area contributed by atoms with E-state index < -0.39 is 11.9 Å². The second-order valence-corrected chi connectivity index (χ2v) is 4.70. The molecule has 7 heteroatoms. The summed E-state index contributed by atoms with van der Waals surface area (Å²) in [6, 6.07) is 12.1. The highest BCUT2D eigenvalue weighted by Gasteiger charge is 2.31. The molecule has 0 spiro atoms. The van der Waals surface area contributed by atoms with E-state index in [0.29, 0.717) is 11.4 Å². The molecule has 0 radical (unpaired) electrons. The molecule has 1 amide bonds. The number of anilines is 1. The molecule has 0 unspecified atom stereocenters. The SMILES string of the molecule is CC1=NN(c2ccccc2)C(=O)C1=NOC(=O)c1cccnc1. The number of pyridine rings is 1. The van der Waals surface area contributed by atoms with E-state index in [1.165, 1.54) is 17.4 Å². The Morgan fingerprint density at radius 3 is 2.65 bits per heavy atom. The van der Waals surface area contributed by atoms with Crippen molar-refractivity contribution in [3.05, 3.63) is 60.4 Å². The van der Waals surface area contributed by atoms with E-state index in [4.69, 9.17) is 4.84 Å². The molecule has 0 fully saturated rings. The summed E-state index contributed by atoms with van der Waals surface area (Å²) in [5.41, 5.74) is 1.22. The maximum absolute atomic E-state index is 12.3. The van der Waals surface area contributed by atoms with E-state index in [2.05, 4.69) is 15.2 Å². The van der Waals surface area contributed by atoms with Gasteiger partial charge < -0.3 is 4.84 Å². The first-order valence-electron chi connectivity index (χ1n) is 6.81. The Kier molecular flexibility index (Phi) is 3.92. The second kappa shape index (κ2) is 6.18. The number of benzene rings is 1. The Labute approximate surface area is 131 Å². The van der Waals surface area contributed by atoms with Crippen LogP contribution in [0, 0.1) is 0 Å². The van der Waals surface area contributed by atoms with Gasteiger partial charge in [-0.05, 0) is 31.2 Å². The van der Waals surface area contributed by atoms with Crippen LogP contribution in [0.25, 0.3) is 0 Å². The van der Waals surface area contributed by atoms with E-state index in [1.807, 2.05) is 6.07 Å². The molecule has 0 saturated carbocycles. The van der Waals surface area contributed by atoms with E-state index in [-0.39, 0.29) is 11.3 Å². The highest BCUT2D eigenvalue weighted by Crippen LogP contribution is 2.19. The van der Waals surface area contributed by atoms with Crippen molar-refractivity contribution in [1.29, 1.82) is 0 Å². The molecule has 1 aliphatic rings. The molecule has 0 N–H and O–H groups in total. The van der Waals surface area contributed by atoms with Crippen molar-refractivity contribution in [3.8, 4) is 0 Å². The fourth-order valence-electron chi connectivity index (χ4n) is 1.97. The molecule has 7 nitrogen and oxygen atoms in total. The van der Waals surface area contributed by atoms with Crippen molar-refractivity contribution in [2.75, 3.05) is 5.01 Å². The van der Waals surface area contributed by atoms with Gasteiger partial charge in [-0.15, -0.1) is 0 Å². The zero-order valence-corrected chi connectivity index (χ0v) is 12.2. The van der Waals surface area contributed by atoms with Gasteiger partial charge in [-0.2, -0.15) is 10.1 Å². The summed E-state index contributed by atoms with van der Waals surface area (Å²) in [4.78, 5) is 32.8. The predicted octanol–water partition coefficient (Wildman–Crippen LogP) is 2.02. The third-order valence-electron chi connectivity index (χ3n) is 3.11. The van der Waals surface area contributed by atoms with Crippen LogP contribution in [0.4, 0.5) is 5.69 Å². The number of hydrogen-bond donors (Lipinski definition) is 0. The zero-order valence-electron chi connectivity index (χ0n) is 12.2. The predicted molar refractivity (Wildman–Crippen MR) is 84.1 cm³/mol. The van der Waals surface area contributed by atoms with Crippen LogP contribution < -0.4 is 5.01 Å². The number of amides is 1. The number of rotatable bonds is 3. The van der Waals surface area contributed by atoms with Gasteiger partial charge in [0.25, 0.3) is 0 Å². The lowest BCUT2D eigenvalue weighted by molar-refractivity contribution is -0.112. The maximum Gasteiger partial charge on any atom is 0.367 e. The van der Waals surface area contributed by atoms with E-state index >= 15 is 0 Å². The lowest BCUT2D eigenvalue weighted by Gasteiger charge is -2.10. The molecule has 1 aliphatic heterocycles. The molecule has 2 aromatic rings. The largest absolute Gasteiger partial charge is 0.367 e. The van der Waals surface area contributed by atoms with Gasteiger partial charge in [0.1, 0.15) is 0 Å². The van der Waals surface area contributed by atoms with Gasteiger partial charge in [-0.25, -0.2) is 4.79 Å². The summed E-state index contributed by atoms with van der Waals surface area (Å²) in [6.45, 7) is 1.62. The minimum Gasteiger partial charge on any atom is -0.312 e. The Morgan fingerprint density at radius 1 is 1.17 bits per heavy atom. The Hall–Kier alpha value is -3.35. The highest BCUT2D eigenvalue weighted by molar-refractivity contribution is 6.71. The van der Waals surface area contributed by atoms with Crippen molar-refractivity contribution in [2.24, 2.45) is 10.3 Å². The van der Waals surface area contributed by atoms with Crippen LogP contribution in [0.5, 0.6) is 0 Å². The monoisotopic (exact) mass is 308 g/mol. The maximum atomic E-state index is 12.3. The average molecular weight is 308 g/mol. The minimum absolute atomic E-state index is 0.00825. The van der Waals surface area contributed by atoms with Gasteiger partial charge in [0.05, 0.1) is 17.0 Å². The zero-order chi connectivity index (χ0) is 16.2. The van der Waals surface area contributed by atoms with Crippen LogP contribution in [0.3, 0.4) is 0 Å². The number of aromatic nitrogens is 1. The first-order valence-corrected chi connectivity index (χ1v) is 6.81. The number of carbonyl (C=O) groups is 2. The van der Waals surface area contributed by atoms with Crippen molar-refractivity contribution in [3.63, 3.8) is 0 Å². The molecule has 0 atom stereocenters. The molecule has 23 heavy (non-hydrogen) atoms. The number of oxime groups is 1. The lowest BCUT2D eigenvalue weighted by Crippen LogP contribution is -2.27. The van der Waals surface area contributed by atoms with E-state index in [9.17, 15) is 9.59 Å². The highest BCUT2D eigenvalue weighted by atomic mass is 16.7. The molecule has 0 saturated heterocycles. The van der Waals surface area contributed by atoms with Crippen LogP contribution in [0.1, 0.15) is 17.3 Å². The molecule has 1 aromatic heterocycles. The summed E-state index contributed by atoms with van der Waals surface area (Å²) >= 11 is 0. The average Bonchev–Trinajstić information content (AvgIpc) is 2.88. The van der Waals surface area contributed by atoms with Crippen molar-refractivity contribution >= 4 is 29.0 Å². The Morgan fingerprint density at radius 2 is 1.96 bits per heavy atom. The van der Waals surface area contributed by atoms with Gasteiger partial charge in [-0.1, -0.05) is 23.4 Å². The Bertz CT molecular complexity index is 801. The normalized spacial score (nSPS) is 15.7. The summed E-state index contributed by atoms with van der Waals surface area (Å²) in [5, 5.41) is 9.01. The quantitative estimate of drug-likeness (QED) is 0.641. The van der Waals surface area contributed by atoms with Gasteiger partial charge in [0.2, 0.25) is 0 Å². The first-order chi connectivity index (χ1) is 11.2. The van der Waals surface area contributed by atoms with Gasteiger partial charge in [0, 0.05) is 12.4 Å². The van der Waals surface area contributed by atoms with Gasteiger partial charge in [0.15, 0.2) is 5.71 Å². The van der Waals surface area contributed by atoms with Crippen LogP contribution in [0.15, 0.2) is 65.1 Å². The van der Waals surface area contributed by atoms with Crippen molar-refractivity contribution < 1.29 is 14.4 Å². The fourth-order valence-corrected chi connectivity index (χ4v) is 1.97. The first kappa shape index (κ1) is 14.6. The van der Waals surface area contributed by atoms with E-state index in [1.54, 1.807) is 43.3 Å². The van der Waals surface area contributed by atoms with Gasteiger partial charge in [-0.3, -0.25) is 9.78 Å². The topological polar surface area (TPSA) is 84.2 Å². The molecule has 2 heterocycles. The summed E-state index contributed by atoms with van der Waals surface area (Å²) < 4.78 is 0. The van der Waals surface area contributed by atoms with Crippen molar-refractivity contribution in [2.45, 2.75) is 6.92 Å². The summed E-state index contributed by atoms with van der Waals surface area (Å²) in [6.07, 6.45) is 2.90. The third kappa shape index (κ3) is 2.98. The second-order valence-electron chi connectivity index (χ2n) is 4.70. The van der Waals surface area contributed by atoms with Crippen LogP contribution in [0.2, 0.25) is 0 Å².